The zero-order chi connectivity index (χ0) is 13.7. The van der Waals surface area contributed by atoms with Crippen molar-refractivity contribution in [1.29, 1.82) is 5.26 Å². The number of nitriles is 1. The van der Waals surface area contributed by atoms with E-state index in [1.165, 1.54) is 11.8 Å². The van der Waals surface area contributed by atoms with Crippen LogP contribution in [0.2, 0.25) is 0 Å². The molecule has 1 N–H and O–H groups in total. The second-order valence-corrected chi connectivity index (χ2v) is 5.06. The molecule has 2 aromatic rings. The number of aliphatic carboxylic acids is 1. The summed E-state index contributed by atoms with van der Waals surface area (Å²) in [5, 5.41) is 17.4. The fraction of sp³-hybridized carbons (Fsp3) is 0.0667. The molecule has 0 saturated heterocycles. The van der Waals surface area contributed by atoms with E-state index in [2.05, 4.69) is 0 Å². The molecular formula is C15H11NO2S. The smallest absolute Gasteiger partial charge is 0.321 e. The van der Waals surface area contributed by atoms with Crippen molar-refractivity contribution in [3.05, 3.63) is 65.7 Å². The summed E-state index contributed by atoms with van der Waals surface area (Å²) in [6.45, 7) is 0. The number of rotatable bonds is 4. The van der Waals surface area contributed by atoms with E-state index in [0.717, 1.165) is 4.90 Å². The summed E-state index contributed by atoms with van der Waals surface area (Å²) in [7, 11) is 0. The molecule has 0 amide bonds. The first-order valence-corrected chi connectivity index (χ1v) is 6.53. The highest BCUT2D eigenvalue weighted by atomic mass is 32.2. The molecule has 0 spiro atoms. The van der Waals surface area contributed by atoms with E-state index in [1.807, 2.05) is 36.4 Å². The largest absolute Gasteiger partial charge is 0.480 e. The summed E-state index contributed by atoms with van der Waals surface area (Å²) < 4.78 is 0. The Morgan fingerprint density at radius 1 is 1.11 bits per heavy atom. The molecule has 0 radical (unpaired) electrons. The molecule has 4 heteroatoms. The van der Waals surface area contributed by atoms with Gasteiger partial charge in [-0.1, -0.05) is 30.3 Å². The third-order valence-corrected chi connectivity index (χ3v) is 3.82. The Morgan fingerprint density at radius 2 is 1.74 bits per heavy atom. The van der Waals surface area contributed by atoms with Gasteiger partial charge in [0.1, 0.15) is 5.25 Å². The Kier molecular flexibility index (Phi) is 4.22. The summed E-state index contributed by atoms with van der Waals surface area (Å²) in [4.78, 5) is 12.3. The second kappa shape index (κ2) is 6.07. The van der Waals surface area contributed by atoms with Crippen LogP contribution >= 0.6 is 11.8 Å². The molecule has 0 aliphatic rings. The molecular weight excluding hydrogens is 258 g/mol. The van der Waals surface area contributed by atoms with Crippen LogP contribution in [0, 0.1) is 11.3 Å². The van der Waals surface area contributed by atoms with Gasteiger partial charge < -0.3 is 5.11 Å². The number of carboxylic acids is 1. The Morgan fingerprint density at radius 3 is 2.26 bits per heavy atom. The fourth-order valence-electron chi connectivity index (χ4n) is 1.63. The van der Waals surface area contributed by atoms with Crippen LogP contribution in [0.4, 0.5) is 0 Å². The van der Waals surface area contributed by atoms with Gasteiger partial charge in [0.2, 0.25) is 0 Å². The first-order chi connectivity index (χ1) is 9.20. The summed E-state index contributed by atoms with van der Waals surface area (Å²) in [5.41, 5.74) is 1.21. The van der Waals surface area contributed by atoms with Gasteiger partial charge in [0.15, 0.2) is 0 Å². The number of benzene rings is 2. The number of carbonyl (C=O) groups is 1. The predicted octanol–water partition coefficient (Wildman–Crippen LogP) is 3.48. The number of nitrogens with zero attached hydrogens (tertiary/aromatic N) is 1. The molecule has 19 heavy (non-hydrogen) atoms. The van der Waals surface area contributed by atoms with Crippen LogP contribution in [0.5, 0.6) is 0 Å². The first kappa shape index (κ1) is 13.2. The van der Waals surface area contributed by atoms with Gasteiger partial charge in [-0.05, 0) is 29.8 Å². The standard InChI is InChI=1S/C15H11NO2S/c16-10-11-6-8-12(9-7-11)14(15(17)18)19-13-4-2-1-3-5-13/h1-9,14H,(H,17,18). The number of carboxylic acid groups (broad SMARTS) is 1. The van der Waals surface area contributed by atoms with E-state index >= 15 is 0 Å². The van der Waals surface area contributed by atoms with Gasteiger partial charge in [0, 0.05) is 4.90 Å². The van der Waals surface area contributed by atoms with Crippen molar-refractivity contribution in [2.75, 3.05) is 0 Å². The highest BCUT2D eigenvalue weighted by Gasteiger charge is 2.21. The maximum absolute atomic E-state index is 11.4. The molecule has 0 aromatic heterocycles. The van der Waals surface area contributed by atoms with Gasteiger partial charge in [0.05, 0.1) is 11.6 Å². The van der Waals surface area contributed by atoms with Gasteiger partial charge >= 0.3 is 5.97 Å². The molecule has 3 nitrogen and oxygen atoms in total. The number of hydrogen-bond acceptors (Lipinski definition) is 3. The van der Waals surface area contributed by atoms with Crippen molar-refractivity contribution in [2.45, 2.75) is 10.1 Å². The molecule has 0 fully saturated rings. The minimum Gasteiger partial charge on any atom is -0.480 e. The average Bonchev–Trinajstić information content (AvgIpc) is 2.46. The van der Waals surface area contributed by atoms with Crippen molar-refractivity contribution in [1.82, 2.24) is 0 Å². The summed E-state index contributed by atoms with van der Waals surface area (Å²) >= 11 is 1.28. The van der Waals surface area contributed by atoms with Crippen molar-refractivity contribution in [3.63, 3.8) is 0 Å². The molecule has 0 heterocycles. The van der Waals surface area contributed by atoms with Crippen LogP contribution in [0.25, 0.3) is 0 Å². The highest BCUT2D eigenvalue weighted by molar-refractivity contribution is 8.00. The lowest BCUT2D eigenvalue weighted by atomic mass is 10.1. The van der Waals surface area contributed by atoms with Crippen molar-refractivity contribution < 1.29 is 9.90 Å². The molecule has 0 saturated carbocycles. The van der Waals surface area contributed by atoms with Crippen molar-refractivity contribution in [3.8, 4) is 6.07 Å². The van der Waals surface area contributed by atoms with Crippen LogP contribution in [0.1, 0.15) is 16.4 Å². The van der Waals surface area contributed by atoms with E-state index in [0.29, 0.717) is 11.1 Å². The molecule has 0 aliphatic carbocycles. The Balaban J connectivity index is 2.25. The third-order valence-electron chi connectivity index (χ3n) is 2.56. The van der Waals surface area contributed by atoms with E-state index in [-0.39, 0.29) is 0 Å². The molecule has 1 unspecified atom stereocenters. The van der Waals surface area contributed by atoms with Crippen LogP contribution in [-0.4, -0.2) is 11.1 Å². The average molecular weight is 269 g/mol. The van der Waals surface area contributed by atoms with Crippen LogP contribution < -0.4 is 0 Å². The molecule has 0 aliphatic heterocycles. The van der Waals surface area contributed by atoms with Gasteiger partial charge in [-0.2, -0.15) is 5.26 Å². The summed E-state index contributed by atoms with van der Waals surface area (Å²) in [5.74, 6) is -0.890. The number of thioether (sulfide) groups is 1. The number of hydrogen-bond donors (Lipinski definition) is 1. The quantitative estimate of drug-likeness (QED) is 0.863. The lowest BCUT2D eigenvalue weighted by Crippen LogP contribution is -2.07. The van der Waals surface area contributed by atoms with E-state index in [9.17, 15) is 9.90 Å². The monoisotopic (exact) mass is 269 g/mol. The minimum absolute atomic E-state index is 0.526. The van der Waals surface area contributed by atoms with Gasteiger partial charge in [-0.25, -0.2) is 0 Å². The maximum Gasteiger partial charge on any atom is 0.321 e. The zero-order valence-electron chi connectivity index (χ0n) is 9.98. The molecule has 0 bridgehead atoms. The highest BCUT2D eigenvalue weighted by Crippen LogP contribution is 2.35. The third kappa shape index (κ3) is 3.36. The second-order valence-electron chi connectivity index (χ2n) is 3.88. The topological polar surface area (TPSA) is 61.1 Å². The SMILES string of the molecule is N#Cc1ccc(C(Sc2ccccc2)C(=O)O)cc1. The van der Waals surface area contributed by atoms with E-state index < -0.39 is 11.2 Å². The lowest BCUT2D eigenvalue weighted by molar-refractivity contribution is -0.136. The van der Waals surface area contributed by atoms with Gasteiger partial charge in [-0.15, -0.1) is 11.8 Å². The first-order valence-electron chi connectivity index (χ1n) is 5.65. The van der Waals surface area contributed by atoms with Crippen molar-refractivity contribution in [2.24, 2.45) is 0 Å². The maximum atomic E-state index is 11.4. The fourth-order valence-corrected chi connectivity index (χ4v) is 2.61. The van der Waals surface area contributed by atoms with Crippen molar-refractivity contribution >= 4 is 17.7 Å². The molecule has 2 aromatic carbocycles. The van der Waals surface area contributed by atoms with Crippen LogP contribution in [0.15, 0.2) is 59.5 Å². The minimum atomic E-state index is -0.890. The normalized spacial score (nSPS) is 11.5. The summed E-state index contributed by atoms with van der Waals surface area (Å²) in [6.07, 6.45) is 0. The Hall–Kier alpha value is -2.25. The zero-order valence-corrected chi connectivity index (χ0v) is 10.8. The predicted molar refractivity (Wildman–Crippen MR) is 73.8 cm³/mol. The summed E-state index contributed by atoms with van der Waals surface area (Å²) in [6, 6.07) is 18.1. The van der Waals surface area contributed by atoms with Crippen LogP contribution in [0.3, 0.4) is 0 Å². The van der Waals surface area contributed by atoms with E-state index in [1.54, 1.807) is 24.3 Å². The lowest BCUT2D eigenvalue weighted by Gasteiger charge is -2.12. The Labute approximate surface area is 115 Å². The molecule has 1 atom stereocenters. The molecule has 2 rings (SSSR count). The molecule has 94 valence electrons. The van der Waals surface area contributed by atoms with Crippen LogP contribution in [-0.2, 0) is 4.79 Å². The Bertz CT molecular complexity index is 602. The van der Waals surface area contributed by atoms with Gasteiger partial charge in [0.25, 0.3) is 0 Å². The van der Waals surface area contributed by atoms with E-state index in [4.69, 9.17) is 5.26 Å². The van der Waals surface area contributed by atoms with Gasteiger partial charge in [-0.3, -0.25) is 4.79 Å².